The van der Waals surface area contributed by atoms with Gasteiger partial charge >= 0.3 is 0 Å². The molecule has 0 aromatic heterocycles. The van der Waals surface area contributed by atoms with Crippen molar-refractivity contribution in [2.45, 2.75) is 25.3 Å². The van der Waals surface area contributed by atoms with Gasteiger partial charge in [0.25, 0.3) is 0 Å². The van der Waals surface area contributed by atoms with E-state index in [2.05, 4.69) is 16.0 Å². The van der Waals surface area contributed by atoms with Gasteiger partial charge in [0.2, 0.25) is 11.8 Å². The predicted molar refractivity (Wildman–Crippen MR) is 52.7 cm³/mol. The minimum absolute atomic E-state index is 0.0421. The Morgan fingerprint density at radius 2 is 2.43 bits per heavy atom. The second-order valence-corrected chi connectivity index (χ2v) is 3.46. The van der Waals surface area contributed by atoms with Gasteiger partial charge in [0.05, 0.1) is 0 Å². The predicted octanol–water partition coefficient (Wildman–Crippen LogP) is -1.01. The van der Waals surface area contributed by atoms with Crippen LogP contribution in [0.15, 0.2) is 0 Å². The fourth-order valence-electron chi connectivity index (χ4n) is 1.39. The fraction of sp³-hybridized carbons (Fsp3) is 0.778. The highest BCUT2D eigenvalue weighted by molar-refractivity contribution is 5.79. The van der Waals surface area contributed by atoms with Gasteiger partial charge in [-0.05, 0) is 13.5 Å². The van der Waals surface area contributed by atoms with Gasteiger partial charge in [0, 0.05) is 32.0 Å². The molecule has 1 rings (SSSR count). The molecule has 0 aromatic rings. The topological polar surface area (TPSA) is 70.2 Å². The Hall–Kier alpha value is -1.10. The van der Waals surface area contributed by atoms with Crippen molar-refractivity contribution in [2.24, 2.45) is 0 Å². The Labute approximate surface area is 83.6 Å². The number of hydrogen-bond acceptors (Lipinski definition) is 3. The third kappa shape index (κ3) is 3.74. The first kappa shape index (κ1) is 11.0. The van der Waals surface area contributed by atoms with Gasteiger partial charge < -0.3 is 16.0 Å². The first-order valence-corrected chi connectivity index (χ1v) is 4.93. The number of carbonyl (C=O) groups excluding carboxylic acids is 2. The summed E-state index contributed by atoms with van der Waals surface area (Å²) in [6.07, 6.45) is 1.75. The highest BCUT2D eigenvalue weighted by Crippen LogP contribution is 2.02. The number of piperidine rings is 1. The minimum Gasteiger partial charge on any atom is -0.354 e. The molecule has 0 bridgehead atoms. The van der Waals surface area contributed by atoms with Crippen LogP contribution in [-0.4, -0.2) is 38.0 Å². The van der Waals surface area contributed by atoms with Crippen molar-refractivity contribution in [3.63, 3.8) is 0 Å². The summed E-state index contributed by atoms with van der Waals surface area (Å²) < 4.78 is 0. The fourth-order valence-corrected chi connectivity index (χ4v) is 1.39. The highest BCUT2D eigenvalue weighted by atomic mass is 16.2. The van der Waals surface area contributed by atoms with Crippen LogP contribution in [0.25, 0.3) is 0 Å². The molecule has 1 fully saturated rings. The monoisotopic (exact) mass is 199 g/mol. The van der Waals surface area contributed by atoms with Crippen LogP contribution in [0.4, 0.5) is 0 Å². The van der Waals surface area contributed by atoms with Gasteiger partial charge in [-0.15, -0.1) is 0 Å². The van der Waals surface area contributed by atoms with Crippen molar-refractivity contribution >= 4 is 11.8 Å². The third-order valence-electron chi connectivity index (χ3n) is 2.23. The molecule has 1 aliphatic rings. The van der Waals surface area contributed by atoms with E-state index in [1.54, 1.807) is 0 Å². The molecule has 1 saturated heterocycles. The molecule has 3 N–H and O–H groups in total. The largest absolute Gasteiger partial charge is 0.354 e. The highest BCUT2D eigenvalue weighted by Gasteiger charge is 2.18. The van der Waals surface area contributed by atoms with Crippen LogP contribution in [0, 0.1) is 0 Å². The molecule has 1 unspecified atom stereocenters. The summed E-state index contributed by atoms with van der Waals surface area (Å²) in [6, 6.07) is 0.108. The second kappa shape index (κ2) is 5.59. The lowest BCUT2D eigenvalue weighted by molar-refractivity contribution is -0.125. The van der Waals surface area contributed by atoms with Gasteiger partial charge in [-0.3, -0.25) is 9.59 Å². The molecule has 0 aromatic carbocycles. The summed E-state index contributed by atoms with van der Waals surface area (Å²) in [5, 5.41) is 8.52. The van der Waals surface area contributed by atoms with E-state index in [1.807, 2.05) is 7.05 Å². The molecule has 2 amide bonds. The Balaban J connectivity index is 2.17. The van der Waals surface area contributed by atoms with Crippen molar-refractivity contribution in [2.75, 3.05) is 20.1 Å². The molecule has 1 aliphatic heterocycles. The van der Waals surface area contributed by atoms with Crippen LogP contribution in [0.1, 0.15) is 19.3 Å². The van der Waals surface area contributed by atoms with Gasteiger partial charge in [-0.2, -0.15) is 0 Å². The Morgan fingerprint density at radius 3 is 3.00 bits per heavy atom. The zero-order chi connectivity index (χ0) is 10.4. The third-order valence-corrected chi connectivity index (χ3v) is 2.23. The molecule has 1 atom stereocenters. The average Bonchev–Trinajstić information content (AvgIpc) is 2.18. The van der Waals surface area contributed by atoms with Crippen LogP contribution in [0.3, 0.4) is 0 Å². The number of rotatable bonds is 4. The van der Waals surface area contributed by atoms with E-state index >= 15 is 0 Å². The van der Waals surface area contributed by atoms with Crippen LogP contribution in [0.5, 0.6) is 0 Å². The molecule has 0 radical (unpaired) electrons. The summed E-state index contributed by atoms with van der Waals surface area (Å²) in [4.78, 5) is 22.1. The minimum atomic E-state index is 0.0421. The van der Waals surface area contributed by atoms with Gasteiger partial charge in [0.15, 0.2) is 0 Å². The molecule has 80 valence electrons. The molecular weight excluding hydrogens is 182 g/mol. The number of hydrogen-bond donors (Lipinski definition) is 3. The Kier molecular flexibility index (Phi) is 4.39. The molecule has 1 heterocycles. The zero-order valence-corrected chi connectivity index (χ0v) is 8.43. The Morgan fingerprint density at radius 1 is 1.64 bits per heavy atom. The molecule has 5 heteroatoms. The van der Waals surface area contributed by atoms with Crippen LogP contribution < -0.4 is 16.0 Å². The van der Waals surface area contributed by atoms with Crippen molar-refractivity contribution in [1.82, 2.24) is 16.0 Å². The van der Waals surface area contributed by atoms with Gasteiger partial charge in [-0.25, -0.2) is 0 Å². The van der Waals surface area contributed by atoms with E-state index in [-0.39, 0.29) is 17.9 Å². The lowest BCUT2D eigenvalue weighted by Crippen LogP contribution is -2.48. The maximum Gasteiger partial charge on any atom is 0.221 e. The summed E-state index contributed by atoms with van der Waals surface area (Å²) in [7, 11) is 1.81. The van der Waals surface area contributed by atoms with E-state index in [1.165, 1.54) is 0 Å². The maximum absolute atomic E-state index is 11.3. The molecule has 0 aliphatic carbocycles. The molecule has 5 nitrogen and oxygen atoms in total. The summed E-state index contributed by atoms with van der Waals surface area (Å²) >= 11 is 0. The molecule has 0 spiro atoms. The summed E-state index contributed by atoms with van der Waals surface area (Å²) in [5.74, 6) is 0.117. The van der Waals surface area contributed by atoms with Crippen LogP contribution in [-0.2, 0) is 9.59 Å². The number of carbonyl (C=O) groups is 2. The summed E-state index contributed by atoms with van der Waals surface area (Å²) in [5.41, 5.74) is 0. The van der Waals surface area contributed by atoms with Crippen LogP contribution in [0.2, 0.25) is 0 Å². The lowest BCUT2D eigenvalue weighted by atomic mass is 10.1. The lowest BCUT2D eigenvalue weighted by Gasteiger charge is -2.23. The molecular formula is C9H17N3O2. The van der Waals surface area contributed by atoms with E-state index in [4.69, 9.17) is 0 Å². The van der Waals surface area contributed by atoms with Crippen molar-refractivity contribution in [3.8, 4) is 0 Å². The van der Waals surface area contributed by atoms with Gasteiger partial charge in [-0.1, -0.05) is 0 Å². The average molecular weight is 199 g/mol. The maximum atomic E-state index is 11.3. The normalized spacial score (nSPS) is 21.5. The van der Waals surface area contributed by atoms with Gasteiger partial charge in [0.1, 0.15) is 0 Å². The first-order chi connectivity index (χ1) is 6.72. The number of amides is 2. The van der Waals surface area contributed by atoms with Crippen molar-refractivity contribution in [3.05, 3.63) is 0 Å². The molecule has 14 heavy (non-hydrogen) atoms. The standard InChI is InChI=1S/C9H17N3O2/c1-10-5-4-9(14)12-7-2-3-8(13)11-6-7/h7,10H,2-6H2,1H3,(H,11,13)(H,12,14). The van der Waals surface area contributed by atoms with Crippen molar-refractivity contribution in [1.29, 1.82) is 0 Å². The quantitative estimate of drug-likeness (QED) is 0.543. The van der Waals surface area contributed by atoms with Crippen molar-refractivity contribution < 1.29 is 9.59 Å². The summed E-state index contributed by atoms with van der Waals surface area (Å²) in [6.45, 7) is 1.25. The first-order valence-electron chi connectivity index (χ1n) is 4.93. The Bertz CT molecular complexity index is 208. The zero-order valence-electron chi connectivity index (χ0n) is 8.43. The SMILES string of the molecule is CNCCC(=O)NC1CCC(=O)NC1. The van der Waals surface area contributed by atoms with Crippen LogP contribution >= 0.6 is 0 Å². The van der Waals surface area contributed by atoms with E-state index in [9.17, 15) is 9.59 Å². The molecule has 0 saturated carbocycles. The van der Waals surface area contributed by atoms with E-state index in [0.29, 0.717) is 25.9 Å². The number of nitrogens with one attached hydrogen (secondary N) is 3. The van der Waals surface area contributed by atoms with E-state index < -0.39 is 0 Å². The second-order valence-electron chi connectivity index (χ2n) is 3.46. The van der Waals surface area contributed by atoms with E-state index in [0.717, 1.165) is 6.42 Å². The smallest absolute Gasteiger partial charge is 0.221 e.